The fraction of sp³-hybridized carbons (Fsp3) is 0.526. The normalized spacial score (nSPS) is 24.9. The zero-order chi connectivity index (χ0) is 19.9. The molecule has 1 aliphatic carbocycles. The molecule has 1 aromatic rings. The van der Waals surface area contributed by atoms with Crippen molar-refractivity contribution in [1.82, 2.24) is 10.2 Å². The van der Waals surface area contributed by atoms with E-state index < -0.39 is 23.5 Å². The number of piperidine rings is 1. The number of likely N-dealkylation sites (tertiary alicyclic amines) is 1. The summed E-state index contributed by atoms with van der Waals surface area (Å²) in [6.07, 6.45) is 1.77. The third-order valence-corrected chi connectivity index (χ3v) is 6.02. The molecular weight excluding hydrogens is 370 g/mol. The van der Waals surface area contributed by atoms with Gasteiger partial charge in [0, 0.05) is 12.1 Å². The second-order valence-corrected chi connectivity index (χ2v) is 8.23. The molecular formula is C19H24ClN3O4. The first-order valence-corrected chi connectivity index (χ1v) is 9.44. The number of nitrogens with two attached hydrogens (primary N) is 1. The monoisotopic (exact) mass is 393 g/mol. The molecule has 2 bridgehead atoms. The molecule has 4 N–H and O–H groups in total. The van der Waals surface area contributed by atoms with Crippen LogP contribution in [0.1, 0.15) is 43.5 Å². The number of anilines is 1. The first-order valence-electron chi connectivity index (χ1n) is 9.06. The van der Waals surface area contributed by atoms with Crippen molar-refractivity contribution in [2.45, 2.75) is 44.7 Å². The Labute approximate surface area is 162 Å². The number of hydrogen-bond acceptors (Lipinski definition) is 4. The lowest BCUT2D eigenvalue weighted by atomic mass is 9.94. The summed E-state index contributed by atoms with van der Waals surface area (Å²) in [6, 6.07) is 3.70. The Morgan fingerprint density at radius 2 is 2.07 bits per heavy atom. The van der Waals surface area contributed by atoms with Gasteiger partial charge in [-0.25, -0.2) is 4.79 Å². The zero-order valence-corrected chi connectivity index (χ0v) is 16.1. The molecule has 0 spiro atoms. The quantitative estimate of drug-likeness (QED) is 0.663. The number of carbonyl (C=O) groups excluding carboxylic acids is 2. The van der Waals surface area contributed by atoms with E-state index in [-0.39, 0.29) is 22.8 Å². The molecule has 0 unspecified atom stereocenters. The van der Waals surface area contributed by atoms with Crippen LogP contribution in [-0.2, 0) is 9.59 Å². The Balaban J connectivity index is 1.81. The maximum atomic E-state index is 13.2. The van der Waals surface area contributed by atoms with E-state index in [2.05, 4.69) is 5.32 Å². The molecule has 3 rings (SSSR count). The van der Waals surface area contributed by atoms with E-state index in [0.717, 1.165) is 6.42 Å². The summed E-state index contributed by atoms with van der Waals surface area (Å²) in [5.41, 5.74) is 5.19. The number of rotatable bonds is 5. The highest BCUT2D eigenvalue weighted by Gasteiger charge is 2.58. The van der Waals surface area contributed by atoms with Crippen LogP contribution in [0.15, 0.2) is 18.2 Å². The van der Waals surface area contributed by atoms with Crippen LogP contribution < -0.4 is 11.1 Å². The highest BCUT2D eigenvalue weighted by Crippen LogP contribution is 2.47. The highest BCUT2D eigenvalue weighted by molar-refractivity contribution is 6.33. The molecule has 1 saturated carbocycles. The first kappa shape index (κ1) is 19.5. The summed E-state index contributed by atoms with van der Waals surface area (Å²) in [6.45, 7) is 4.07. The number of halogens is 1. The number of fused-ring (bicyclic) bond motifs is 2. The average molecular weight is 394 g/mol. The number of amides is 2. The highest BCUT2D eigenvalue weighted by atomic mass is 35.5. The maximum Gasteiger partial charge on any atom is 0.329 e. The Hall–Kier alpha value is -2.28. The van der Waals surface area contributed by atoms with Crippen LogP contribution >= 0.6 is 11.6 Å². The van der Waals surface area contributed by atoms with Crippen molar-refractivity contribution in [2.24, 2.45) is 11.8 Å². The molecule has 8 heteroatoms. The predicted molar refractivity (Wildman–Crippen MR) is 101 cm³/mol. The van der Waals surface area contributed by atoms with Gasteiger partial charge in [-0.1, -0.05) is 25.4 Å². The predicted octanol–water partition coefficient (Wildman–Crippen LogP) is 2.14. The summed E-state index contributed by atoms with van der Waals surface area (Å²) >= 11 is 5.97. The largest absolute Gasteiger partial charge is 0.479 e. The summed E-state index contributed by atoms with van der Waals surface area (Å²) in [7, 11) is 0. The van der Waals surface area contributed by atoms with Gasteiger partial charge in [-0.3, -0.25) is 9.59 Å². The topological polar surface area (TPSA) is 113 Å². The molecule has 1 heterocycles. The lowest BCUT2D eigenvalue weighted by molar-refractivity contribution is -0.158. The van der Waals surface area contributed by atoms with Gasteiger partial charge in [-0.15, -0.1) is 0 Å². The van der Waals surface area contributed by atoms with Gasteiger partial charge >= 0.3 is 5.97 Å². The van der Waals surface area contributed by atoms with E-state index in [1.165, 1.54) is 23.1 Å². The second kappa shape index (κ2) is 7.03. The first-order chi connectivity index (χ1) is 12.7. The van der Waals surface area contributed by atoms with E-state index >= 15 is 0 Å². The second-order valence-electron chi connectivity index (χ2n) is 7.83. The van der Waals surface area contributed by atoms with Crippen LogP contribution in [0.5, 0.6) is 0 Å². The number of benzene rings is 1. The molecule has 7 nitrogen and oxygen atoms in total. The van der Waals surface area contributed by atoms with Crippen LogP contribution in [0.25, 0.3) is 0 Å². The number of nitrogens with one attached hydrogen (secondary N) is 1. The third kappa shape index (κ3) is 3.36. The van der Waals surface area contributed by atoms with Crippen molar-refractivity contribution >= 4 is 35.1 Å². The number of nitrogens with zero attached hydrogens (tertiary/aromatic N) is 1. The molecule has 3 atom stereocenters. The molecule has 2 fully saturated rings. The van der Waals surface area contributed by atoms with Gasteiger partial charge in [-0.05, 0) is 49.3 Å². The smallest absolute Gasteiger partial charge is 0.329 e. The van der Waals surface area contributed by atoms with Gasteiger partial charge in [0.1, 0.15) is 11.6 Å². The number of hydrogen-bond donors (Lipinski definition) is 3. The third-order valence-electron chi connectivity index (χ3n) is 5.70. The van der Waals surface area contributed by atoms with Crippen molar-refractivity contribution < 1.29 is 19.5 Å². The standard InChI is InChI=1S/C19H24ClN3O4/c1-10(2)15(22-16(24)12-3-4-14(21)13(20)7-12)17(25)23-9-11-5-6-19(23,8-11)18(26)27/h3-4,7,10-11,15H,5-6,8-9,21H2,1-2H3,(H,22,24)(H,26,27)/t11-,15+,19+/m1/s1. The molecule has 1 saturated heterocycles. The Morgan fingerprint density at radius 1 is 1.37 bits per heavy atom. The fourth-order valence-corrected chi connectivity index (χ4v) is 4.32. The number of carboxylic acids is 1. The van der Waals surface area contributed by atoms with Crippen LogP contribution in [-0.4, -0.2) is 45.9 Å². The van der Waals surface area contributed by atoms with Gasteiger partial charge in [0.05, 0.1) is 10.7 Å². The molecule has 0 aromatic heterocycles. The lowest BCUT2D eigenvalue weighted by Crippen LogP contribution is -2.60. The van der Waals surface area contributed by atoms with Gasteiger partial charge in [0.2, 0.25) is 5.91 Å². The Kier molecular flexibility index (Phi) is 5.08. The summed E-state index contributed by atoms with van der Waals surface area (Å²) in [5, 5.41) is 12.7. The van der Waals surface area contributed by atoms with E-state index in [4.69, 9.17) is 17.3 Å². The van der Waals surface area contributed by atoms with Crippen LogP contribution in [0, 0.1) is 11.8 Å². The summed E-state index contributed by atoms with van der Waals surface area (Å²) in [5.74, 6) is -1.74. The van der Waals surface area contributed by atoms with E-state index in [1.807, 2.05) is 13.8 Å². The number of nitrogen functional groups attached to an aromatic ring is 1. The SMILES string of the molecule is CC(C)[C@H](NC(=O)c1ccc(N)c(Cl)c1)C(=O)N1C[C@@H]2CC[C@@]1(C(=O)O)C2. The van der Waals surface area contributed by atoms with Crippen LogP contribution in [0.4, 0.5) is 5.69 Å². The van der Waals surface area contributed by atoms with Crippen molar-refractivity contribution in [3.8, 4) is 0 Å². The van der Waals surface area contributed by atoms with Crippen molar-refractivity contribution in [3.63, 3.8) is 0 Å². The molecule has 0 radical (unpaired) electrons. The minimum atomic E-state index is -1.13. The van der Waals surface area contributed by atoms with E-state index in [0.29, 0.717) is 30.6 Å². The fourth-order valence-electron chi connectivity index (χ4n) is 4.14. The number of carbonyl (C=O) groups is 3. The molecule has 1 aliphatic heterocycles. The minimum absolute atomic E-state index is 0.198. The Morgan fingerprint density at radius 3 is 2.63 bits per heavy atom. The van der Waals surface area contributed by atoms with Crippen molar-refractivity contribution in [1.29, 1.82) is 0 Å². The van der Waals surface area contributed by atoms with Crippen LogP contribution in [0.2, 0.25) is 5.02 Å². The van der Waals surface area contributed by atoms with Crippen molar-refractivity contribution in [2.75, 3.05) is 12.3 Å². The van der Waals surface area contributed by atoms with Gasteiger partial charge in [0.15, 0.2) is 0 Å². The number of carboxylic acid groups (broad SMARTS) is 1. The molecule has 1 aromatic carbocycles. The minimum Gasteiger partial charge on any atom is -0.479 e. The van der Waals surface area contributed by atoms with Crippen LogP contribution in [0.3, 0.4) is 0 Å². The zero-order valence-electron chi connectivity index (χ0n) is 15.4. The molecule has 27 heavy (non-hydrogen) atoms. The van der Waals surface area contributed by atoms with E-state index in [1.54, 1.807) is 0 Å². The van der Waals surface area contributed by atoms with Gasteiger partial charge in [-0.2, -0.15) is 0 Å². The summed E-state index contributed by atoms with van der Waals surface area (Å²) in [4.78, 5) is 39.2. The van der Waals surface area contributed by atoms with E-state index in [9.17, 15) is 19.5 Å². The number of aliphatic carboxylic acids is 1. The molecule has 2 amide bonds. The van der Waals surface area contributed by atoms with Gasteiger partial charge < -0.3 is 21.1 Å². The lowest BCUT2D eigenvalue weighted by Gasteiger charge is -2.38. The van der Waals surface area contributed by atoms with Crippen molar-refractivity contribution in [3.05, 3.63) is 28.8 Å². The maximum absolute atomic E-state index is 13.2. The molecule has 2 aliphatic rings. The van der Waals surface area contributed by atoms with Gasteiger partial charge in [0.25, 0.3) is 5.91 Å². The molecule has 146 valence electrons. The summed E-state index contributed by atoms with van der Waals surface area (Å²) < 4.78 is 0. The Bertz CT molecular complexity index is 797. The average Bonchev–Trinajstić information content (AvgIpc) is 3.21.